The molecule has 0 aliphatic carbocycles. The molecule has 1 saturated heterocycles. The number of nitrogens with zero attached hydrogens (tertiary/aromatic N) is 3. The second kappa shape index (κ2) is 4.61. The molecule has 1 N–H and O–H groups in total. The lowest BCUT2D eigenvalue weighted by molar-refractivity contribution is 0.0350. The predicted octanol–water partition coefficient (Wildman–Crippen LogP) is 1.70. The van der Waals surface area contributed by atoms with Gasteiger partial charge in [-0.25, -0.2) is 9.97 Å². The Morgan fingerprint density at radius 3 is 2.59 bits per heavy atom. The number of anilines is 1. The van der Waals surface area contributed by atoms with Gasteiger partial charge in [-0.2, -0.15) is 0 Å². The lowest BCUT2D eigenvalue weighted by Crippen LogP contribution is -2.42. The number of aromatic nitrogens is 2. The highest BCUT2D eigenvalue weighted by atomic mass is 16.3. The first-order valence-electron chi connectivity index (χ1n) is 6.32. The Labute approximate surface area is 103 Å². The van der Waals surface area contributed by atoms with E-state index in [-0.39, 0.29) is 0 Å². The molecule has 2 heterocycles. The van der Waals surface area contributed by atoms with E-state index in [0.29, 0.717) is 0 Å². The number of aliphatic hydroxyl groups is 1. The quantitative estimate of drug-likeness (QED) is 0.847. The Balaban J connectivity index is 2.15. The summed E-state index contributed by atoms with van der Waals surface area (Å²) in [7, 11) is 0. The zero-order chi connectivity index (χ0) is 12.5. The average molecular weight is 235 g/mol. The van der Waals surface area contributed by atoms with Crippen LogP contribution in [0.1, 0.15) is 38.2 Å². The molecule has 0 unspecified atom stereocenters. The van der Waals surface area contributed by atoms with Crippen molar-refractivity contribution in [2.24, 2.45) is 0 Å². The molecule has 17 heavy (non-hydrogen) atoms. The summed E-state index contributed by atoms with van der Waals surface area (Å²) >= 11 is 0. The molecule has 1 fully saturated rings. The monoisotopic (exact) mass is 235 g/mol. The number of piperidine rings is 1. The minimum Gasteiger partial charge on any atom is -0.390 e. The van der Waals surface area contributed by atoms with Gasteiger partial charge >= 0.3 is 0 Å². The average Bonchev–Trinajstić information content (AvgIpc) is 2.28. The molecule has 94 valence electrons. The molecule has 0 radical (unpaired) electrons. The van der Waals surface area contributed by atoms with Crippen LogP contribution < -0.4 is 4.90 Å². The van der Waals surface area contributed by atoms with E-state index in [2.05, 4.69) is 27.9 Å². The zero-order valence-corrected chi connectivity index (χ0v) is 10.9. The molecule has 0 amide bonds. The van der Waals surface area contributed by atoms with Gasteiger partial charge < -0.3 is 10.0 Å². The summed E-state index contributed by atoms with van der Waals surface area (Å²) < 4.78 is 0. The maximum absolute atomic E-state index is 9.94. The fraction of sp³-hybridized carbons (Fsp3) is 0.692. The third kappa shape index (κ3) is 2.94. The number of hydrogen-bond donors (Lipinski definition) is 1. The fourth-order valence-electron chi connectivity index (χ4n) is 2.17. The molecule has 4 nitrogen and oxygen atoms in total. The van der Waals surface area contributed by atoms with Crippen LogP contribution in [0.15, 0.2) is 6.07 Å². The molecule has 1 aromatic rings. The van der Waals surface area contributed by atoms with E-state index in [0.717, 1.165) is 49.7 Å². The van der Waals surface area contributed by atoms with Crippen LogP contribution in [0.5, 0.6) is 0 Å². The van der Waals surface area contributed by atoms with Crippen molar-refractivity contribution in [3.8, 4) is 0 Å². The van der Waals surface area contributed by atoms with Gasteiger partial charge in [0.2, 0.25) is 0 Å². The first kappa shape index (κ1) is 12.3. The van der Waals surface area contributed by atoms with Crippen molar-refractivity contribution in [2.75, 3.05) is 18.0 Å². The van der Waals surface area contributed by atoms with Gasteiger partial charge in [0, 0.05) is 24.8 Å². The van der Waals surface area contributed by atoms with Crippen molar-refractivity contribution in [2.45, 2.75) is 45.6 Å². The van der Waals surface area contributed by atoms with Crippen LogP contribution in [0.4, 0.5) is 5.82 Å². The third-order valence-corrected chi connectivity index (χ3v) is 3.40. The second-order valence-electron chi connectivity index (χ2n) is 5.10. The molecular formula is C13H21N3O. The van der Waals surface area contributed by atoms with Gasteiger partial charge in [0.05, 0.1) is 5.60 Å². The predicted molar refractivity (Wildman–Crippen MR) is 68.2 cm³/mol. The summed E-state index contributed by atoms with van der Waals surface area (Å²) in [5, 5.41) is 9.94. The van der Waals surface area contributed by atoms with Crippen molar-refractivity contribution >= 4 is 5.82 Å². The van der Waals surface area contributed by atoms with Gasteiger partial charge in [-0.15, -0.1) is 0 Å². The van der Waals surface area contributed by atoms with E-state index in [4.69, 9.17) is 0 Å². The topological polar surface area (TPSA) is 49.2 Å². The van der Waals surface area contributed by atoms with E-state index in [1.165, 1.54) is 0 Å². The van der Waals surface area contributed by atoms with Gasteiger partial charge in [-0.1, -0.05) is 6.92 Å². The molecule has 2 rings (SSSR count). The minimum atomic E-state index is -0.508. The largest absolute Gasteiger partial charge is 0.390 e. The van der Waals surface area contributed by atoms with Gasteiger partial charge in [0.25, 0.3) is 0 Å². The Kier molecular flexibility index (Phi) is 3.33. The van der Waals surface area contributed by atoms with Crippen LogP contribution in [-0.4, -0.2) is 33.8 Å². The van der Waals surface area contributed by atoms with Crippen LogP contribution in [-0.2, 0) is 6.42 Å². The molecule has 4 heteroatoms. The SMILES string of the molecule is CCc1cc(N2CCC(C)(O)CC2)nc(C)n1. The number of aryl methyl sites for hydroxylation is 2. The Morgan fingerprint density at radius 1 is 1.35 bits per heavy atom. The summed E-state index contributed by atoms with van der Waals surface area (Å²) in [4.78, 5) is 11.1. The molecule has 1 aliphatic rings. The summed E-state index contributed by atoms with van der Waals surface area (Å²) in [5.41, 5.74) is 0.580. The van der Waals surface area contributed by atoms with Crippen molar-refractivity contribution in [1.82, 2.24) is 9.97 Å². The van der Waals surface area contributed by atoms with E-state index in [9.17, 15) is 5.11 Å². The van der Waals surface area contributed by atoms with Gasteiger partial charge in [-0.05, 0) is 33.1 Å². The van der Waals surface area contributed by atoms with E-state index in [1.807, 2.05) is 13.8 Å². The first-order valence-corrected chi connectivity index (χ1v) is 6.32. The highest BCUT2D eigenvalue weighted by Crippen LogP contribution is 2.25. The second-order valence-corrected chi connectivity index (χ2v) is 5.10. The molecule has 1 aromatic heterocycles. The minimum absolute atomic E-state index is 0.508. The van der Waals surface area contributed by atoms with Crippen LogP contribution in [0.3, 0.4) is 0 Å². The molecule has 0 atom stereocenters. The fourth-order valence-corrected chi connectivity index (χ4v) is 2.17. The summed E-state index contributed by atoms with van der Waals surface area (Å²) in [6.45, 7) is 7.68. The third-order valence-electron chi connectivity index (χ3n) is 3.40. The Bertz CT molecular complexity index is 394. The molecule has 0 saturated carbocycles. The van der Waals surface area contributed by atoms with Crippen molar-refractivity contribution in [3.05, 3.63) is 17.6 Å². The smallest absolute Gasteiger partial charge is 0.132 e. The summed E-state index contributed by atoms with van der Waals surface area (Å²) in [6.07, 6.45) is 2.54. The van der Waals surface area contributed by atoms with Gasteiger partial charge in [0.1, 0.15) is 11.6 Å². The molecule has 0 bridgehead atoms. The highest BCUT2D eigenvalue weighted by molar-refractivity contribution is 5.40. The van der Waals surface area contributed by atoms with Crippen LogP contribution in [0.2, 0.25) is 0 Å². The lowest BCUT2D eigenvalue weighted by Gasteiger charge is -2.36. The van der Waals surface area contributed by atoms with Crippen molar-refractivity contribution in [3.63, 3.8) is 0 Å². The Morgan fingerprint density at radius 2 is 2.00 bits per heavy atom. The van der Waals surface area contributed by atoms with E-state index < -0.39 is 5.60 Å². The van der Waals surface area contributed by atoms with Crippen LogP contribution >= 0.6 is 0 Å². The zero-order valence-electron chi connectivity index (χ0n) is 10.9. The molecule has 1 aliphatic heterocycles. The van der Waals surface area contributed by atoms with Crippen LogP contribution in [0.25, 0.3) is 0 Å². The normalized spacial score (nSPS) is 19.4. The maximum atomic E-state index is 9.94. The van der Waals surface area contributed by atoms with Gasteiger partial charge in [0.15, 0.2) is 0 Å². The summed E-state index contributed by atoms with van der Waals surface area (Å²) in [5.74, 6) is 1.83. The van der Waals surface area contributed by atoms with E-state index >= 15 is 0 Å². The molecule has 0 aromatic carbocycles. The first-order chi connectivity index (χ1) is 8.00. The van der Waals surface area contributed by atoms with Gasteiger partial charge in [-0.3, -0.25) is 0 Å². The number of hydrogen-bond acceptors (Lipinski definition) is 4. The van der Waals surface area contributed by atoms with Crippen LogP contribution in [0, 0.1) is 6.92 Å². The van der Waals surface area contributed by atoms with Crippen molar-refractivity contribution < 1.29 is 5.11 Å². The van der Waals surface area contributed by atoms with Crippen molar-refractivity contribution in [1.29, 1.82) is 0 Å². The maximum Gasteiger partial charge on any atom is 0.132 e. The standard InChI is InChI=1S/C13H21N3O/c1-4-11-9-12(15-10(2)14-11)16-7-5-13(3,17)6-8-16/h9,17H,4-8H2,1-3H3. The molecular weight excluding hydrogens is 214 g/mol. The van der Waals surface area contributed by atoms with E-state index in [1.54, 1.807) is 0 Å². The lowest BCUT2D eigenvalue weighted by atomic mass is 9.94. The number of rotatable bonds is 2. The Hall–Kier alpha value is -1.16. The summed E-state index contributed by atoms with van der Waals surface area (Å²) in [6, 6.07) is 2.06. The highest BCUT2D eigenvalue weighted by Gasteiger charge is 2.28. The molecule has 0 spiro atoms.